The lowest BCUT2D eigenvalue weighted by Gasteiger charge is -2.06. The van der Waals surface area contributed by atoms with Gasteiger partial charge in [-0.05, 0) is 71.7 Å². The molecule has 4 aromatic rings. The van der Waals surface area contributed by atoms with Gasteiger partial charge in [-0.2, -0.15) is 0 Å². The molecule has 0 saturated carbocycles. The van der Waals surface area contributed by atoms with Crippen LogP contribution in [0.2, 0.25) is 0 Å². The highest BCUT2D eigenvalue weighted by Crippen LogP contribution is 2.24. The molecule has 4 rings (SSSR count). The summed E-state index contributed by atoms with van der Waals surface area (Å²) in [5, 5.41) is -0.00745. The van der Waals surface area contributed by atoms with Crippen molar-refractivity contribution in [2.24, 2.45) is 0 Å². The third-order valence-corrected chi connectivity index (χ3v) is 5.54. The van der Waals surface area contributed by atoms with E-state index in [1.807, 2.05) is 24.3 Å². The first kappa shape index (κ1) is 22.5. The molecule has 0 radical (unpaired) electrons. The van der Waals surface area contributed by atoms with Crippen LogP contribution in [-0.2, 0) is 19.3 Å². The largest absolute Gasteiger partial charge is 0.206 e. The lowest BCUT2D eigenvalue weighted by Crippen LogP contribution is -1.98. The van der Waals surface area contributed by atoms with Crippen LogP contribution < -0.4 is 0 Å². The lowest BCUT2D eigenvalue weighted by atomic mass is 10.0. The predicted molar refractivity (Wildman–Crippen MR) is 119 cm³/mol. The van der Waals surface area contributed by atoms with Gasteiger partial charge in [-0.1, -0.05) is 49.1 Å². The molecule has 0 aromatic heterocycles. The zero-order valence-corrected chi connectivity index (χ0v) is 17.8. The van der Waals surface area contributed by atoms with Gasteiger partial charge in [0.1, 0.15) is 11.6 Å². The molecule has 0 N–H and O–H groups in total. The molecule has 0 atom stereocenters. The molecule has 0 saturated heterocycles. The Bertz CT molecular complexity index is 1370. The summed E-state index contributed by atoms with van der Waals surface area (Å²) in [6.45, 7) is 2.08. The minimum atomic E-state index is -1.55. The molecule has 0 nitrogen and oxygen atoms in total. The molecule has 0 aliphatic carbocycles. The highest BCUT2D eigenvalue weighted by atomic mass is 19.2. The Kier molecular flexibility index (Phi) is 6.46. The number of hydrogen-bond donors (Lipinski definition) is 0. The first-order chi connectivity index (χ1) is 15.9. The van der Waals surface area contributed by atoms with E-state index >= 15 is 0 Å². The SMILES string of the molecule is CCc1ccc(CCc2cc(F)c(C#Cc3ccc4c(F)c(F)c(F)cc4c3)c(F)c2)cc1. The highest BCUT2D eigenvalue weighted by molar-refractivity contribution is 5.84. The van der Waals surface area contributed by atoms with Crippen molar-refractivity contribution in [3.8, 4) is 11.8 Å². The molecule has 4 aromatic carbocycles. The first-order valence-electron chi connectivity index (χ1n) is 10.5. The summed E-state index contributed by atoms with van der Waals surface area (Å²) < 4.78 is 69.8. The molecule has 166 valence electrons. The van der Waals surface area contributed by atoms with Crippen LogP contribution in [0.4, 0.5) is 22.0 Å². The zero-order chi connectivity index (χ0) is 23.5. The van der Waals surface area contributed by atoms with Crippen LogP contribution in [0.1, 0.15) is 34.7 Å². The topological polar surface area (TPSA) is 0 Å². The Hall–Kier alpha value is -3.65. The average molecular weight is 450 g/mol. The van der Waals surface area contributed by atoms with E-state index in [4.69, 9.17) is 0 Å². The van der Waals surface area contributed by atoms with Gasteiger partial charge in [0.05, 0.1) is 5.56 Å². The van der Waals surface area contributed by atoms with E-state index in [0.29, 0.717) is 18.4 Å². The van der Waals surface area contributed by atoms with Crippen LogP contribution in [0.3, 0.4) is 0 Å². The molecule has 33 heavy (non-hydrogen) atoms. The third-order valence-electron chi connectivity index (χ3n) is 5.54. The van der Waals surface area contributed by atoms with Gasteiger partial charge in [-0.3, -0.25) is 0 Å². The van der Waals surface area contributed by atoms with Crippen molar-refractivity contribution in [1.29, 1.82) is 0 Å². The number of halogens is 5. The van der Waals surface area contributed by atoms with Crippen LogP contribution in [0.15, 0.2) is 60.7 Å². The Morgan fingerprint density at radius 1 is 0.606 bits per heavy atom. The van der Waals surface area contributed by atoms with Gasteiger partial charge >= 0.3 is 0 Å². The predicted octanol–water partition coefficient (Wildman–Crippen LogP) is 7.28. The molecule has 0 bridgehead atoms. The first-order valence-corrected chi connectivity index (χ1v) is 10.5. The van der Waals surface area contributed by atoms with Crippen LogP contribution in [-0.4, -0.2) is 0 Å². The smallest absolute Gasteiger partial charge is 0.195 e. The number of fused-ring (bicyclic) bond motifs is 1. The minimum Gasteiger partial charge on any atom is -0.206 e. The maximum absolute atomic E-state index is 14.6. The highest BCUT2D eigenvalue weighted by Gasteiger charge is 2.14. The number of benzene rings is 4. The number of rotatable bonds is 4. The molecular weight excluding hydrogens is 431 g/mol. The summed E-state index contributed by atoms with van der Waals surface area (Å²) in [6, 6.07) is 15.5. The summed E-state index contributed by atoms with van der Waals surface area (Å²) >= 11 is 0. The Balaban J connectivity index is 1.55. The molecule has 0 aliphatic rings. The molecule has 0 heterocycles. The van der Waals surface area contributed by atoms with E-state index in [2.05, 4.69) is 18.8 Å². The van der Waals surface area contributed by atoms with Crippen LogP contribution in [0, 0.1) is 40.9 Å². The second-order valence-corrected chi connectivity index (χ2v) is 7.78. The molecule has 0 spiro atoms. The van der Waals surface area contributed by atoms with E-state index < -0.39 is 29.1 Å². The summed E-state index contributed by atoms with van der Waals surface area (Å²) in [6.07, 6.45) is 2.08. The average Bonchev–Trinajstić information content (AvgIpc) is 2.81. The van der Waals surface area contributed by atoms with Crippen LogP contribution in [0.25, 0.3) is 10.8 Å². The summed E-state index contributed by atoms with van der Waals surface area (Å²) in [4.78, 5) is 0. The number of hydrogen-bond acceptors (Lipinski definition) is 0. The Morgan fingerprint density at radius 2 is 1.24 bits per heavy atom. The van der Waals surface area contributed by atoms with Gasteiger partial charge in [0.2, 0.25) is 0 Å². The van der Waals surface area contributed by atoms with Gasteiger partial charge in [0.25, 0.3) is 0 Å². The Morgan fingerprint density at radius 3 is 1.91 bits per heavy atom. The van der Waals surface area contributed by atoms with Crippen molar-refractivity contribution in [3.05, 3.63) is 118 Å². The van der Waals surface area contributed by atoms with Gasteiger partial charge < -0.3 is 0 Å². The fourth-order valence-electron chi connectivity index (χ4n) is 3.64. The second kappa shape index (κ2) is 9.46. The number of aryl methyl sites for hydroxylation is 3. The van der Waals surface area contributed by atoms with E-state index in [0.717, 1.165) is 18.1 Å². The monoisotopic (exact) mass is 450 g/mol. The molecule has 0 aliphatic heterocycles. The van der Waals surface area contributed by atoms with Crippen LogP contribution in [0.5, 0.6) is 0 Å². The second-order valence-electron chi connectivity index (χ2n) is 7.78. The Labute approximate surface area is 188 Å². The van der Waals surface area contributed by atoms with Gasteiger partial charge in [0.15, 0.2) is 17.5 Å². The lowest BCUT2D eigenvalue weighted by molar-refractivity contribution is 0.453. The molecular formula is C28H19F5. The maximum Gasteiger partial charge on any atom is 0.195 e. The van der Waals surface area contributed by atoms with Crippen molar-refractivity contribution in [1.82, 2.24) is 0 Å². The van der Waals surface area contributed by atoms with E-state index in [-0.39, 0.29) is 21.9 Å². The quantitative estimate of drug-likeness (QED) is 0.174. The van der Waals surface area contributed by atoms with Crippen molar-refractivity contribution >= 4 is 10.8 Å². The third kappa shape index (κ3) is 4.90. The fraction of sp³-hybridized carbons (Fsp3) is 0.143. The molecule has 0 amide bonds. The van der Waals surface area contributed by atoms with Gasteiger partial charge in [0, 0.05) is 10.9 Å². The van der Waals surface area contributed by atoms with Crippen molar-refractivity contribution < 1.29 is 22.0 Å². The van der Waals surface area contributed by atoms with Crippen LogP contribution >= 0.6 is 0 Å². The minimum absolute atomic E-state index is 0.0986. The van der Waals surface area contributed by atoms with Crippen molar-refractivity contribution in [2.45, 2.75) is 26.2 Å². The van der Waals surface area contributed by atoms with E-state index in [1.165, 1.54) is 35.9 Å². The van der Waals surface area contributed by atoms with Gasteiger partial charge in [-0.15, -0.1) is 0 Å². The van der Waals surface area contributed by atoms with Gasteiger partial charge in [-0.25, -0.2) is 22.0 Å². The molecule has 0 unspecified atom stereocenters. The summed E-state index contributed by atoms with van der Waals surface area (Å²) in [5.41, 5.74) is 2.73. The van der Waals surface area contributed by atoms with Crippen molar-refractivity contribution in [3.63, 3.8) is 0 Å². The zero-order valence-electron chi connectivity index (χ0n) is 17.8. The maximum atomic E-state index is 14.6. The van der Waals surface area contributed by atoms with E-state index in [9.17, 15) is 22.0 Å². The summed E-state index contributed by atoms with van der Waals surface area (Å²) in [5.74, 6) is -0.661. The standard InChI is InChI=1S/C28H19F5/c1-2-17-3-5-18(6-4-17)7-8-20-14-24(29)23(25(30)15-20)12-10-19-9-11-22-21(13-19)16-26(31)28(33)27(22)32/h3-6,9,11,13-16H,2,7-8H2,1H3. The normalized spacial score (nSPS) is 10.8. The fourth-order valence-corrected chi connectivity index (χ4v) is 3.64. The van der Waals surface area contributed by atoms with Crippen molar-refractivity contribution in [2.75, 3.05) is 0 Å². The molecule has 5 heteroatoms. The summed E-state index contributed by atoms with van der Waals surface area (Å²) in [7, 11) is 0. The molecule has 0 fully saturated rings. The van der Waals surface area contributed by atoms with E-state index in [1.54, 1.807) is 0 Å².